The molecular weight excluding hydrogens is 324 g/mol. The molecule has 2 heterocycles. The molecule has 3 rings (SSSR count). The highest BCUT2D eigenvalue weighted by molar-refractivity contribution is 9.11. The van der Waals surface area contributed by atoms with Gasteiger partial charge in [-0.2, -0.15) is 0 Å². The Kier molecular flexibility index (Phi) is 3.33. The third kappa shape index (κ3) is 2.40. The molecule has 2 amide bonds. The Labute approximate surface area is 124 Å². The van der Waals surface area contributed by atoms with Gasteiger partial charge in [0.05, 0.1) is 16.0 Å². The zero-order valence-electron chi connectivity index (χ0n) is 10.5. The first-order valence-corrected chi connectivity index (χ1v) is 7.61. The van der Waals surface area contributed by atoms with E-state index in [9.17, 15) is 4.79 Å². The average molecular weight is 337 g/mol. The highest BCUT2D eigenvalue weighted by Gasteiger charge is 2.27. The number of thiophene rings is 1. The Balaban J connectivity index is 1.96. The van der Waals surface area contributed by atoms with Crippen molar-refractivity contribution in [1.82, 2.24) is 4.90 Å². The van der Waals surface area contributed by atoms with Crippen LogP contribution in [0.3, 0.4) is 0 Å². The van der Waals surface area contributed by atoms with Gasteiger partial charge in [0.15, 0.2) is 0 Å². The van der Waals surface area contributed by atoms with E-state index in [1.807, 2.05) is 36.2 Å². The van der Waals surface area contributed by atoms with E-state index in [2.05, 4.69) is 28.1 Å². The average Bonchev–Trinajstić information content (AvgIpc) is 2.80. The van der Waals surface area contributed by atoms with Gasteiger partial charge in [0.25, 0.3) is 0 Å². The quantitative estimate of drug-likeness (QED) is 0.810. The minimum Gasteiger partial charge on any atom is -0.323 e. The Morgan fingerprint density at radius 1 is 1.26 bits per heavy atom. The van der Waals surface area contributed by atoms with Crippen LogP contribution in [0.1, 0.15) is 10.4 Å². The fourth-order valence-corrected chi connectivity index (χ4v) is 3.76. The number of fused-ring (bicyclic) bond motifs is 1. The zero-order chi connectivity index (χ0) is 13.4. The summed E-state index contributed by atoms with van der Waals surface area (Å²) in [6.07, 6.45) is 0. The fraction of sp³-hybridized carbons (Fsp3) is 0.214. The van der Waals surface area contributed by atoms with Crippen LogP contribution in [0.15, 0.2) is 40.2 Å². The Morgan fingerprint density at radius 2 is 2.05 bits per heavy atom. The molecule has 0 N–H and O–H groups in total. The van der Waals surface area contributed by atoms with Crippen molar-refractivity contribution in [3.05, 3.63) is 50.6 Å². The van der Waals surface area contributed by atoms with E-state index in [1.165, 1.54) is 10.4 Å². The summed E-state index contributed by atoms with van der Waals surface area (Å²) in [5.41, 5.74) is 2.22. The standard InChI is InChI=1S/C14H13BrN2OS/c1-16-8-10-4-2-3-5-12(10)17(14(16)18)9-11-6-7-13(15)19-11/h2-7H,8-9H2,1H3. The molecule has 2 aromatic rings. The number of hydrogen-bond acceptors (Lipinski definition) is 2. The lowest BCUT2D eigenvalue weighted by molar-refractivity contribution is 0.210. The van der Waals surface area contributed by atoms with Crippen LogP contribution in [0.25, 0.3) is 0 Å². The van der Waals surface area contributed by atoms with Gasteiger partial charge in [0.1, 0.15) is 0 Å². The van der Waals surface area contributed by atoms with Gasteiger partial charge >= 0.3 is 6.03 Å². The molecule has 0 aliphatic carbocycles. The number of rotatable bonds is 2. The third-order valence-corrected chi connectivity index (χ3v) is 4.80. The van der Waals surface area contributed by atoms with E-state index in [0.29, 0.717) is 13.1 Å². The molecule has 0 bridgehead atoms. The van der Waals surface area contributed by atoms with E-state index in [1.54, 1.807) is 16.2 Å². The monoisotopic (exact) mass is 336 g/mol. The number of urea groups is 1. The van der Waals surface area contributed by atoms with Crippen molar-refractivity contribution >= 4 is 39.0 Å². The molecule has 0 atom stereocenters. The number of benzene rings is 1. The molecular formula is C14H13BrN2OS. The SMILES string of the molecule is CN1Cc2ccccc2N(Cc2ccc(Br)s2)C1=O. The van der Waals surface area contributed by atoms with E-state index in [0.717, 1.165) is 9.47 Å². The van der Waals surface area contributed by atoms with E-state index < -0.39 is 0 Å². The van der Waals surface area contributed by atoms with Gasteiger partial charge in [0, 0.05) is 18.5 Å². The van der Waals surface area contributed by atoms with Crippen molar-refractivity contribution in [2.24, 2.45) is 0 Å². The maximum absolute atomic E-state index is 12.3. The van der Waals surface area contributed by atoms with Gasteiger partial charge in [0.2, 0.25) is 0 Å². The van der Waals surface area contributed by atoms with Crippen molar-refractivity contribution < 1.29 is 4.79 Å². The van der Waals surface area contributed by atoms with E-state index in [4.69, 9.17) is 0 Å². The normalized spacial score (nSPS) is 14.7. The number of anilines is 1. The van der Waals surface area contributed by atoms with Gasteiger partial charge in [-0.25, -0.2) is 4.79 Å². The minimum atomic E-state index is 0.0585. The first kappa shape index (κ1) is 12.7. The van der Waals surface area contributed by atoms with Crippen LogP contribution in [0.5, 0.6) is 0 Å². The number of nitrogens with zero attached hydrogens (tertiary/aromatic N) is 2. The summed E-state index contributed by atoms with van der Waals surface area (Å²) < 4.78 is 1.09. The number of amides is 2. The molecule has 3 nitrogen and oxygen atoms in total. The molecule has 0 saturated heterocycles. The Hall–Kier alpha value is -1.33. The highest BCUT2D eigenvalue weighted by Crippen LogP contribution is 2.31. The predicted octanol–water partition coefficient (Wildman–Crippen LogP) is 4.08. The summed E-state index contributed by atoms with van der Waals surface area (Å²) in [7, 11) is 1.84. The molecule has 98 valence electrons. The highest BCUT2D eigenvalue weighted by atomic mass is 79.9. The van der Waals surface area contributed by atoms with Gasteiger partial charge < -0.3 is 4.90 Å². The number of carbonyl (C=O) groups excluding carboxylic acids is 1. The van der Waals surface area contributed by atoms with Crippen molar-refractivity contribution in [1.29, 1.82) is 0 Å². The third-order valence-electron chi connectivity index (χ3n) is 3.19. The molecule has 1 aromatic carbocycles. The topological polar surface area (TPSA) is 23.6 Å². The number of carbonyl (C=O) groups is 1. The molecule has 1 aliphatic heterocycles. The molecule has 1 aromatic heterocycles. The summed E-state index contributed by atoms with van der Waals surface area (Å²) in [4.78, 5) is 17.1. The molecule has 1 aliphatic rings. The first-order valence-electron chi connectivity index (χ1n) is 6.00. The minimum absolute atomic E-state index is 0.0585. The van der Waals surface area contributed by atoms with Crippen LogP contribution < -0.4 is 4.90 Å². The van der Waals surface area contributed by atoms with Crippen molar-refractivity contribution in [2.45, 2.75) is 13.1 Å². The van der Waals surface area contributed by atoms with Gasteiger partial charge in [-0.1, -0.05) is 18.2 Å². The first-order chi connectivity index (χ1) is 9.15. The van der Waals surface area contributed by atoms with Crippen LogP contribution >= 0.6 is 27.3 Å². The summed E-state index contributed by atoms with van der Waals surface area (Å²) in [6, 6.07) is 12.2. The van der Waals surface area contributed by atoms with Crippen LogP contribution in [0.4, 0.5) is 10.5 Å². The summed E-state index contributed by atoms with van der Waals surface area (Å²) in [5, 5.41) is 0. The maximum Gasteiger partial charge on any atom is 0.324 e. The second kappa shape index (κ2) is 4.98. The molecule has 0 saturated carbocycles. The summed E-state index contributed by atoms with van der Waals surface area (Å²) >= 11 is 5.12. The molecule has 0 unspecified atom stereocenters. The van der Waals surface area contributed by atoms with Gasteiger partial charge in [-0.3, -0.25) is 4.90 Å². The number of para-hydroxylation sites is 1. The second-order valence-corrected chi connectivity index (χ2v) is 7.11. The lowest BCUT2D eigenvalue weighted by Gasteiger charge is -2.34. The number of hydrogen-bond donors (Lipinski definition) is 0. The van der Waals surface area contributed by atoms with Crippen molar-refractivity contribution in [3.63, 3.8) is 0 Å². The van der Waals surface area contributed by atoms with E-state index in [-0.39, 0.29) is 6.03 Å². The van der Waals surface area contributed by atoms with Crippen LogP contribution in [-0.4, -0.2) is 18.0 Å². The van der Waals surface area contributed by atoms with Crippen molar-refractivity contribution in [2.75, 3.05) is 11.9 Å². The van der Waals surface area contributed by atoms with E-state index >= 15 is 0 Å². The molecule has 19 heavy (non-hydrogen) atoms. The van der Waals surface area contributed by atoms with Crippen LogP contribution in [-0.2, 0) is 13.1 Å². The smallest absolute Gasteiger partial charge is 0.323 e. The summed E-state index contributed by atoms with van der Waals surface area (Å²) in [5.74, 6) is 0. The zero-order valence-corrected chi connectivity index (χ0v) is 12.9. The maximum atomic E-state index is 12.3. The Bertz CT molecular complexity index is 625. The van der Waals surface area contributed by atoms with Crippen LogP contribution in [0.2, 0.25) is 0 Å². The molecule has 0 radical (unpaired) electrons. The summed E-state index contributed by atoms with van der Waals surface area (Å²) in [6.45, 7) is 1.30. The van der Waals surface area contributed by atoms with Gasteiger partial charge in [-0.15, -0.1) is 11.3 Å². The van der Waals surface area contributed by atoms with Gasteiger partial charge in [-0.05, 0) is 39.7 Å². The van der Waals surface area contributed by atoms with Crippen molar-refractivity contribution in [3.8, 4) is 0 Å². The predicted molar refractivity (Wildman–Crippen MR) is 81.5 cm³/mol. The molecule has 5 heteroatoms. The molecule has 0 fully saturated rings. The lowest BCUT2D eigenvalue weighted by atomic mass is 10.1. The Morgan fingerprint density at radius 3 is 2.79 bits per heavy atom. The second-order valence-electron chi connectivity index (χ2n) is 4.56. The molecule has 0 spiro atoms. The largest absolute Gasteiger partial charge is 0.324 e. The lowest BCUT2D eigenvalue weighted by Crippen LogP contribution is -2.44. The number of halogens is 1. The fourth-order valence-electron chi connectivity index (χ4n) is 2.29. The van der Waals surface area contributed by atoms with Crippen LogP contribution in [0, 0.1) is 0 Å².